The van der Waals surface area contributed by atoms with E-state index in [1.54, 1.807) is 6.92 Å². The molecule has 0 bridgehead atoms. The van der Waals surface area contributed by atoms with Gasteiger partial charge < -0.3 is 19.1 Å². The van der Waals surface area contributed by atoms with Gasteiger partial charge in [0.2, 0.25) is 11.8 Å². The number of ether oxygens (including phenoxy) is 3. The highest BCUT2D eigenvalue weighted by Crippen LogP contribution is 2.39. The summed E-state index contributed by atoms with van der Waals surface area (Å²) in [6.45, 7) is 4.16. The first-order valence-corrected chi connectivity index (χ1v) is 12.9. The Morgan fingerprint density at radius 2 is 1.84 bits per heavy atom. The molecule has 38 heavy (non-hydrogen) atoms. The number of amides is 1. The van der Waals surface area contributed by atoms with Crippen LogP contribution in [0.2, 0.25) is 0 Å². The van der Waals surface area contributed by atoms with Crippen LogP contribution < -0.4 is 9.64 Å². The third kappa shape index (κ3) is 6.96. The first-order valence-electron chi connectivity index (χ1n) is 12.3. The molecular weight excluding hydrogens is 525 g/mol. The van der Waals surface area contributed by atoms with Crippen molar-refractivity contribution in [3.8, 4) is 11.6 Å². The Kier molecular flexibility index (Phi) is 10.0. The molecule has 0 unspecified atom stereocenters. The summed E-state index contributed by atoms with van der Waals surface area (Å²) in [7, 11) is 2.70. The predicted molar refractivity (Wildman–Crippen MR) is 137 cm³/mol. The van der Waals surface area contributed by atoms with Crippen molar-refractivity contribution in [2.24, 2.45) is 11.8 Å². The van der Waals surface area contributed by atoms with Crippen LogP contribution in [0.25, 0.3) is 0 Å². The molecule has 1 aliphatic rings. The van der Waals surface area contributed by atoms with Gasteiger partial charge >= 0.3 is 12.1 Å². The largest absolute Gasteiger partial charge is 0.465 e. The van der Waals surface area contributed by atoms with Crippen LogP contribution in [-0.4, -0.2) is 43.7 Å². The number of benzene rings is 1. The quantitative estimate of drug-likeness (QED) is 0.255. The lowest BCUT2D eigenvalue weighted by Gasteiger charge is -2.35. The normalized spacial score (nSPS) is 18.5. The summed E-state index contributed by atoms with van der Waals surface area (Å²) in [5.41, 5.74) is -0.693. The lowest BCUT2D eigenvalue weighted by molar-refractivity contribution is -0.139. The van der Waals surface area contributed by atoms with Crippen LogP contribution >= 0.6 is 11.6 Å². The van der Waals surface area contributed by atoms with Crippen molar-refractivity contribution in [1.29, 1.82) is 0 Å². The number of hydrogen-bond acceptors (Lipinski definition) is 6. The van der Waals surface area contributed by atoms with Crippen LogP contribution in [0.5, 0.6) is 11.6 Å². The third-order valence-corrected chi connectivity index (χ3v) is 6.97. The Morgan fingerprint density at radius 1 is 1.16 bits per heavy atom. The van der Waals surface area contributed by atoms with Crippen molar-refractivity contribution < 1.29 is 37.0 Å². The second-order valence-electron chi connectivity index (χ2n) is 9.57. The van der Waals surface area contributed by atoms with Gasteiger partial charge in [0.15, 0.2) is 0 Å². The number of rotatable bonds is 9. The van der Waals surface area contributed by atoms with E-state index in [0.717, 1.165) is 31.7 Å². The van der Waals surface area contributed by atoms with Crippen LogP contribution in [-0.2, 0) is 26.3 Å². The number of pyridine rings is 1. The summed E-state index contributed by atoms with van der Waals surface area (Å²) < 4.78 is 56.7. The molecule has 1 aromatic carbocycles. The van der Waals surface area contributed by atoms with E-state index in [1.165, 1.54) is 43.5 Å². The molecule has 208 valence electrons. The van der Waals surface area contributed by atoms with E-state index in [1.807, 2.05) is 0 Å². The van der Waals surface area contributed by atoms with Gasteiger partial charge in [-0.05, 0) is 68.4 Å². The van der Waals surface area contributed by atoms with Gasteiger partial charge in [-0.2, -0.15) is 13.2 Å². The van der Waals surface area contributed by atoms with Gasteiger partial charge in [-0.1, -0.05) is 6.92 Å². The minimum atomic E-state index is -4.74. The highest BCUT2D eigenvalue weighted by atomic mass is 35.5. The van der Waals surface area contributed by atoms with E-state index >= 15 is 0 Å². The van der Waals surface area contributed by atoms with E-state index in [-0.39, 0.29) is 46.9 Å². The number of carbonyl (C=O) groups excluding carboxylic acids is 2. The highest BCUT2D eigenvalue weighted by molar-refractivity contribution is 6.17. The lowest BCUT2D eigenvalue weighted by Crippen LogP contribution is -2.46. The molecule has 1 aliphatic carbocycles. The van der Waals surface area contributed by atoms with Gasteiger partial charge in [0.1, 0.15) is 11.3 Å². The van der Waals surface area contributed by atoms with Gasteiger partial charge in [0.25, 0.3) is 0 Å². The Bertz CT molecular complexity index is 1140. The van der Waals surface area contributed by atoms with Crippen molar-refractivity contribution in [3.05, 3.63) is 47.2 Å². The van der Waals surface area contributed by atoms with Gasteiger partial charge in [0, 0.05) is 25.1 Å². The minimum Gasteiger partial charge on any atom is -0.465 e. The van der Waals surface area contributed by atoms with E-state index < -0.39 is 29.6 Å². The number of esters is 1. The zero-order valence-electron chi connectivity index (χ0n) is 21.8. The average molecular weight is 557 g/mol. The molecule has 7 nitrogen and oxygen atoms in total. The van der Waals surface area contributed by atoms with Crippen molar-refractivity contribution in [2.45, 2.75) is 57.6 Å². The first kappa shape index (κ1) is 29.7. The fourth-order valence-electron chi connectivity index (χ4n) is 4.62. The summed E-state index contributed by atoms with van der Waals surface area (Å²) in [4.78, 5) is 31.8. The molecule has 1 aromatic heterocycles. The smallest absolute Gasteiger partial charge is 0.421 e. The molecule has 2 aromatic rings. The van der Waals surface area contributed by atoms with E-state index in [2.05, 4.69) is 11.9 Å². The molecule has 0 radical (unpaired) electrons. The monoisotopic (exact) mass is 556 g/mol. The fraction of sp³-hybridized carbons (Fsp3) is 0.519. The Balaban J connectivity index is 2.04. The Morgan fingerprint density at radius 3 is 2.42 bits per heavy atom. The summed E-state index contributed by atoms with van der Waals surface area (Å²) >= 11 is 5.68. The fourth-order valence-corrected chi connectivity index (χ4v) is 4.77. The molecule has 1 fully saturated rings. The zero-order valence-corrected chi connectivity index (χ0v) is 22.6. The summed E-state index contributed by atoms with van der Waals surface area (Å²) in [5.74, 6) is -1.51. The van der Waals surface area contributed by atoms with Gasteiger partial charge in [-0.3, -0.25) is 4.79 Å². The van der Waals surface area contributed by atoms with Gasteiger partial charge in [-0.15, -0.1) is 11.6 Å². The molecule has 0 aliphatic heterocycles. The molecule has 0 N–H and O–H groups in total. The highest BCUT2D eigenvalue weighted by Gasteiger charge is 2.37. The molecule has 1 saturated carbocycles. The average Bonchev–Trinajstić information content (AvgIpc) is 2.89. The maximum Gasteiger partial charge on any atom is 0.421 e. The van der Waals surface area contributed by atoms with Crippen LogP contribution in [0.1, 0.15) is 61.0 Å². The number of nitrogens with zero attached hydrogens (tertiary/aromatic N) is 2. The predicted octanol–water partition coefficient (Wildman–Crippen LogP) is 6.61. The third-order valence-electron chi connectivity index (χ3n) is 6.67. The van der Waals surface area contributed by atoms with Crippen LogP contribution in [0.3, 0.4) is 0 Å². The molecule has 1 heterocycles. The van der Waals surface area contributed by atoms with Crippen molar-refractivity contribution in [2.75, 3.05) is 25.7 Å². The lowest BCUT2D eigenvalue weighted by atomic mass is 9.82. The van der Waals surface area contributed by atoms with Crippen LogP contribution in [0.15, 0.2) is 30.5 Å². The zero-order chi connectivity index (χ0) is 28.0. The van der Waals surface area contributed by atoms with Crippen molar-refractivity contribution in [3.63, 3.8) is 0 Å². The van der Waals surface area contributed by atoms with Gasteiger partial charge in [-0.25, -0.2) is 9.78 Å². The Hall–Kier alpha value is -2.85. The molecule has 0 spiro atoms. The molecule has 1 amide bonds. The molecule has 1 atom stereocenters. The van der Waals surface area contributed by atoms with Crippen molar-refractivity contribution >= 4 is 29.2 Å². The SMILES string of the molecule is COC[C@H](C)N(c1ccc(Oc2ncc(CCl)cc2C(F)(F)F)cc1C(=O)OC)C(=O)[C@H]1CC[C@H](C)CC1. The maximum atomic E-state index is 13.7. The number of halogens is 4. The Labute approximate surface area is 225 Å². The maximum absolute atomic E-state index is 13.7. The topological polar surface area (TPSA) is 78.0 Å². The van der Waals surface area contributed by atoms with E-state index in [9.17, 15) is 22.8 Å². The standard InChI is InChI=1S/C27H32ClF3N2O5/c1-16-5-7-19(8-6-16)25(34)33(17(2)15-36-3)23-10-9-20(12-21(23)26(35)37-4)38-24-22(27(29,30)31)11-18(13-28)14-32-24/h9-12,14,16-17,19H,5-8,13,15H2,1-4H3/t16-,17-,19-/m0/s1. The van der Waals surface area contributed by atoms with Crippen molar-refractivity contribution in [1.82, 2.24) is 4.98 Å². The summed E-state index contributed by atoms with van der Waals surface area (Å²) in [6.07, 6.45) is -0.242. The number of anilines is 1. The molecular formula is C27H32ClF3N2O5. The summed E-state index contributed by atoms with van der Waals surface area (Å²) in [6, 6.07) is 4.55. The van der Waals surface area contributed by atoms with Crippen LogP contribution in [0.4, 0.5) is 18.9 Å². The number of hydrogen-bond donors (Lipinski definition) is 0. The number of alkyl halides is 4. The second kappa shape index (κ2) is 12.8. The van der Waals surface area contributed by atoms with Crippen LogP contribution in [0, 0.1) is 11.8 Å². The minimum absolute atomic E-state index is 0.0311. The van der Waals surface area contributed by atoms with E-state index in [4.69, 9.17) is 25.8 Å². The molecule has 11 heteroatoms. The number of methoxy groups -OCH3 is 2. The molecule has 0 saturated heterocycles. The van der Waals surface area contributed by atoms with E-state index in [0.29, 0.717) is 5.92 Å². The molecule has 3 rings (SSSR count). The summed E-state index contributed by atoms with van der Waals surface area (Å²) in [5, 5.41) is 0. The van der Waals surface area contributed by atoms with Gasteiger partial charge in [0.05, 0.1) is 31.0 Å². The second-order valence-corrected chi connectivity index (χ2v) is 9.84. The number of carbonyl (C=O) groups is 2. The number of aromatic nitrogens is 1. The first-order chi connectivity index (χ1) is 18.0.